The molecule has 0 saturated carbocycles. The Balaban J connectivity index is 1.28. The number of anilines is 1. The summed E-state index contributed by atoms with van der Waals surface area (Å²) in [6, 6.07) is 6.03. The smallest absolute Gasteiger partial charge is 0.316 e. The fourth-order valence-electron chi connectivity index (χ4n) is 5.39. The van der Waals surface area contributed by atoms with Crippen molar-refractivity contribution in [2.24, 2.45) is 11.8 Å². The Kier molecular flexibility index (Phi) is 5.67. The SMILES string of the molecule is CC1CNCCC1CN1CCC(n2ncc3c(N4CCC(=O)NC4=O)cccc32)CC1. The topological polar surface area (TPSA) is 82.5 Å². The average molecular weight is 425 g/mol. The van der Waals surface area contributed by atoms with Crippen LogP contribution in [0.25, 0.3) is 10.9 Å². The molecule has 2 unspecified atom stereocenters. The minimum atomic E-state index is -0.350. The monoisotopic (exact) mass is 424 g/mol. The Bertz CT molecular complexity index is 964. The lowest BCUT2D eigenvalue weighted by molar-refractivity contribution is -0.120. The molecule has 3 fully saturated rings. The molecule has 4 heterocycles. The molecule has 3 amide bonds. The van der Waals surface area contributed by atoms with Gasteiger partial charge in [0.2, 0.25) is 5.91 Å². The van der Waals surface area contributed by atoms with E-state index in [0.29, 0.717) is 19.0 Å². The van der Waals surface area contributed by atoms with Crippen molar-refractivity contribution in [2.45, 2.75) is 38.6 Å². The van der Waals surface area contributed by atoms with Crippen LogP contribution in [0.1, 0.15) is 38.6 Å². The Morgan fingerprint density at radius 1 is 1.13 bits per heavy atom. The third-order valence-corrected chi connectivity index (χ3v) is 7.32. The number of hydrogen-bond acceptors (Lipinski definition) is 5. The normalized spacial score (nSPS) is 26.4. The van der Waals surface area contributed by atoms with E-state index in [0.717, 1.165) is 67.4 Å². The van der Waals surface area contributed by atoms with E-state index in [4.69, 9.17) is 5.10 Å². The molecule has 5 rings (SSSR count). The van der Waals surface area contributed by atoms with Gasteiger partial charge in [-0.3, -0.25) is 19.7 Å². The predicted molar refractivity (Wildman–Crippen MR) is 120 cm³/mol. The van der Waals surface area contributed by atoms with Crippen molar-refractivity contribution in [3.8, 4) is 0 Å². The van der Waals surface area contributed by atoms with Crippen LogP contribution in [0.2, 0.25) is 0 Å². The number of fused-ring (bicyclic) bond motifs is 1. The number of nitrogens with one attached hydrogen (secondary N) is 2. The Morgan fingerprint density at radius 3 is 2.74 bits per heavy atom. The maximum absolute atomic E-state index is 12.3. The van der Waals surface area contributed by atoms with Crippen molar-refractivity contribution in [3.63, 3.8) is 0 Å². The van der Waals surface area contributed by atoms with E-state index in [1.807, 2.05) is 18.3 Å². The van der Waals surface area contributed by atoms with Crippen LogP contribution in [0, 0.1) is 11.8 Å². The van der Waals surface area contributed by atoms with Crippen LogP contribution in [0.3, 0.4) is 0 Å². The lowest BCUT2D eigenvalue weighted by Crippen LogP contribution is -2.49. The number of imide groups is 1. The summed E-state index contributed by atoms with van der Waals surface area (Å²) in [7, 11) is 0. The zero-order chi connectivity index (χ0) is 21.4. The summed E-state index contributed by atoms with van der Waals surface area (Å²) in [5.41, 5.74) is 1.89. The molecule has 3 aliphatic heterocycles. The van der Waals surface area contributed by atoms with Gasteiger partial charge in [0.15, 0.2) is 0 Å². The predicted octanol–water partition coefficient (Wildman–Crippen LogP) is 2.37. The number of nitrogens with zero attached hydrogens (tertiary/aromatic N) is 4. The average Bonchev–Trinajstić information content (AvgIpc) is 3.21. The number of benzene rings is 1. The van der Waals surface area contributed by atoms with Crippen molar-refractivity contribution in [1.82, 2.24) is 25.3 Å². The van der Waals surface area contributed by atoms with E-state index in [1.54, 1.807) is 4.90 Å². The maximum Gasteiger partial charge on any atom is 0.328 e. The van der Waals surface area contributed by atoms with E-state index in [-0.39, 0.29) is 11.9 Å². The molecule has 3 aliphatic rings. The summed E-state index contributed by atoms with van der Waals surface area (Å²) in [6.45, 7) is 8.50. The minimum absolute atomic E-state index is 0.213. The van der Waals surface area contributed by atoms with E-state index in [1.165, 1.54) is 13.0 Å². The molecule has 1 aromatic carbocycles. The zero-order valence-corrected chi connectivity index (χ0v) is 18.2. The van der Waals surface area contributed by atoms with Crippen molar-refractivity contribution in [3.05, 3.63) is 24.4 Å². The van der Waals surface area contributed by atoms with E-state index >= 15 is 0 Å². The third-order valence-electron chi connectivity index (χ3n) is 7.32. The number of hydrogen-bond donors (Lipinski definition) is 2. The second-order valence-corrected chi connectivity index (χ2v) is 9.32. The number of aromatic nitrogens is 2. The summed E-state index contributed by atoms with van der Waals surface area (Å²) in [5.74, 6) is 1.34. The van der Waals surface area contributed by atoms with Gasteiger partial charge in [-0.2, -0.15) is 5.10 Å². The van der Waals surface area contributed by atoms with Gasteiger partial charge >= 0.3 is 6.03 Å². The van der Waals surface area contributed by atoms with Gasteiger partial charge in [-0.15, -0.1) is 0 Å². The van der Waals surface area contributed by atoms with Gasteiger partial charge in [0.25, 0.3) is 0 Å². The molecule has 0 radical (unpaired) electrons. The molecule has 2 N–H and O–H groups in total. The first-order valence-electron chi connectivity index (χ1n) is 11.6. The summed E-state index contributed by atoms with van der Waals surface area (Å²) in [4.78, 5) is 28.1. The summed E-state index contributed by atoms with van der Waals surface area (Å²) in [5, 5.41) is 11.6. The van der Waals surface area contributed by atoms with Crippen molar-refractivity contribution >= 4 is 28.5 Å². The number of rotatable bonds is 4. The van der Waals surface area contributed by atoms with Gasteiger partial charge in [-0.05, 0) is 56.3 Å². The maximum atomic E-state index is 12.3. The van der Waals surface area contributed by atoms with Crippen molar-refractivity contribution in [2.75, 3.05) is 44.2 Å². The standard InChI is InChI=1S/C23H32N6O2/c1-16-13-24-9-5-17(16)15-27-10-6-18(7-11-27)29-21-4-2-3-20(19(21)14-25-29)28-12-8-22(30)26-23(28)31/h2-4,14,16-18,24H,5-13,15H2,1H3,(H,26,30,31). The van der Waals surface area contributed by atoms with Crippen molar-refractivity contribution < 1.29 is 9.59 Å². The van der Waals surface area contributed by atoms with Crippen LogP contribution in [0.5, 0.6) is 0 Å². The fourth-order valence-corrected chi connectivity index (χ4v) is 5.39. The highest BCUT2D eigenvalue weighted by Gasteiger charge is 2.29. The number of piperidine rings is 2. The Labute approximate surface area is 182 Å². The summed E-state index contributed by atoms with van der Waals surface area (Å²) in [6.07, 6.45) is 5.67. The van der Waals surface area contributed by atoms with Crippen molar-refractivity contribution in [1.29, 1.82) is 0 Å². The van der Waals surface area contributed by atoms with Crippen LogP contribution < -0.4 is 15.5 Å². The van der Waals surface area contributed by atoms with Gasteiger partial charge in [-0.25, -0.2) is 4.79 Å². The fraction of sp³-hybridized carbons (Fsp3) is 0.609. The quantitative estimate of drug-likeness (QED) is 0.787. The first kappa shape index (κ1) is 20.5. The van der Waals surface area contributed by atoms with Gasteiger partial charge in [0, 0.05) is 38.0 Å². The summed E-state index contributed by atoms with van der Waals surface area (Å²) >= 11 is 0. The molecule has 1 aromatic heterocycles. The van der Waals surface area contributed by atoms with Crippen LogP contribution in [0.15, 0.2) is 24.4 Å². The van der Waals surface area contributed by atoms with Gasteiger partial charge < -0.3 is 10.2 Å². The number of carbonyl (C=O) groups is 2. The number of urea groups is 1. The highest BCUT2D eigenvalue weighted by molar-refractivity contribution is 6.09. The first-order valence-corrected chi connectivity index (χ1v) is 11.6. The number of carbonyl (C=O) groups excluding carboxylic acids is 2. The molecular weight excluding hydrogens is 392 g/mol. The minimum Gasteiger partial charge on any atom is -0.316 e. The molecule has 2 atom stereocenters. The highest BCUT2D eigenvalue weighted by Crippen LogP contribution is 2.32. The second kappa shape index (κ2) is 8.59. The van der Waals surface area contributed by atoms with E-state index in [9.17, 15) is 9.59 Å². The third kappa shape index (κ3) is 4.06. The number of amides is 3. The molecule has 0 spiro atoms. The lowest BCUT2D eigenvalue weighted by Gasteiger charge is -2.38. The molecule has 8 nitrogen and oxygen atoms in total. The molecule has 0 aliphatic carbocycles. The van der Waals surface area contributed by atoms with Gasteiger partial charge in [0.1, 0.15) is 0 Å². The van der Waals surface area contributed by atoms with Crippen LogP contribution in [-0.4, -0.2) is 65.9 Å². The van der Waals surface area contributed by atoms with E-state index < -0.39 is 0 Å². The second-order valence-electron chi connectivity index (χ2n) is 9.32. The van der Waals surface area contributed by atoms with Crippen LogP contribution in [0.4, 0.5) is 10.5 Å². The van der Waals surface area contributed by atoms with E-state index in [2.05, 4.69) is 33.2 Å². The first-order chi connectivity index (χ1) is 15.1. The van der Waals surface area contributed by atoms with Gasteiger partial charge in [-0.1, -0.05) is 13.0 Å². The van der Waals surface area contributed by atoms with Gasteiger partial charge in [0.05, 0.1) is 23.4 Å². The molecule has 0 bridgehead atoms. The molecule has 166 valence electrons. The molecule has 2 aromatic rings. The molecular formula is C23H32N6O2. The molecule has 8 heteroatoms. The largest absolute Gasteiger partial charge is 0.328 e. The van der Waals surface area contributed by atoms with Crippen LogP contribution in [-0.2, 0) is 4.79 Å². The van der Waals surface area contributed by atoms with Crippen LogP contribution >= 0.6 is 0 Å². The summed E-state index contributed by atoms with van der Waals surface area (Å²) < 4.78 is 2.15. The molecule has 3 saturated heterocycles. The zero-order valence-electron chi connectivity index (χ0n) is 18.2. The Hall–Kier alpha value is -2.45. The lowest BCUT2D eigenvalue weighted by atomic mass is 9.87. The number of likely N-dealkylation sites (tertiary alicyclic amines) is 1. The Morgan fingerprint density at radius 2 is 1.97 bits per heavy atom. The molecule has 31 heavy (non-hydrogen) atoms. The highest BCUT2D eigenvalue weighted by atomic mass is 16.2.